The number of phenolic OH excluding ortho intramolecular Hbond substituents is 1. The average Bonchev–Trinajstić information content (AvgIpc) is 2.38. The third-order valence-corrected chi connectivity index (χ3v) is 3.11. The summed E-state index contributed by atoms with van der Waals surface area (Å²) in [6.07, 6.45) is 3.71. The van der Waals surface area contributed by atoms with Crippen molar-refractivity contribution in [2.24, 2.45) is 4.99 Å². The number of hydrogen-bond donors (Lipinski definition) is 1. The van der Waals surface area contributed by atoms with E-state index in [0.29, 0.717) is 0 Å². The number of phenols is 1. The summed E-state index contributed by atoms with van der Waals surface area (Å²) >= 11 is 1.70. The lowest BCUT2D eigenvalue weighted by molar-refractivity contribution is 0.474. The minimum absolute atomic E-state index is 0.247. The molecule has 0 aliphatic rings. The van der Waals surface area contributed by atoms with Gasteiger partial charge in [0.2, 0.25) is 0 Å². The van der Waals surface area contributed by atoms with Crippen LogP contribution in [0.15, 0.2) is 58.4 Å². The van der Waals surface area contributed by atoms with Crippen molar-refractivity contribution in [1.82, 2.24) is 0 Å². The van der Waals surface area contributed by atoms with Crippen LogP contribution in [0.2, 0.25) is 0 Å². The predicted octanol–water partition coefficient (Wildman–Crippen LogP) is 3.86. The van der Waals surface area contributed by atoms with E-state index < -0.39 is 0 Å². The van der Waals surface area contributed by atoms with E-state index in [1.165, 1.54) is 4.90 Å². The van der Waals surface area contributed by atoms with Crippen LogP contribution in [0.3, 0.4) is 0 Å². The molecule has 3 heteroatoms. The van der Waals surface area contributed by atoms with Crippen LogP contribution in [0, 0.1) is 0 Å². The summed E-state index contributed by atoms with van der Waals surface area (Å²) < 4.78 is 0. The zero-order valence-corrected chi connectivity index (χ0v) is 10.3. The lowest BCUT2D eigenvalue weighted by atomic mass is 10.2. The number of aromatic hydroxyl groups is 1. The first kappa shape index (κ1) is 11.7. The molecule has 0 radical (unpaired) electrons. The van der Waals surface area contributed by atoms with Crippen molar-refractivity contribution in [3.8, 4) is 5.75 Å². The van der Waals surface area contributed by atoms with Crippen molar-refractivity contribution < 1.29 is 5.11 Å². The third kappa shape index (κ3) is 3.11. The van der Waals surface area contributed by atoms with Gasteiger partial charge in [0.15, 0.2) is 0 Å². The van der Waals surface area contributed by atoms with Crippen LogP contribution in [-0.4, -0.2) is 17.6 Å². The Hall–Kier alpha value is -1.74. The fraction of sp³-hybridized carbons (Fsp3) is 0.0714. The van der Waals surface area contributed by atoms with Gasteiger partial charge >= 0.3 is 0 Å². The number of benzene rings is 2. The average molecular weight is 243 g/mol. The maximum atomic E-state index is 9.58. The minimum atomic E-state index is 0.247. The Balaban J connectivity index is 2.17. The normalized spacial score (nSPS) is 10.9. The van der Waals surface area contributed by atoms with Gasteiger partial charge in [-0.1, -0.05) is 12.1 Å². The molecule has 0 aliphatic heterocycles. The van der Waals surface area contributed by atoms with Crippen LogP contribution in [-0.2, 0) is 0 Å². The second-order valence-electron chi connectivity index (χ2n) is 3.52. The molecule has 1 N–H and O–H groups in total. The van der Waals surface area contributed by atoms with Gasteiger partial charge in [0, 0.05) is 16.7 Å². The summed E-state index contributed by atoms with van der Waals surface area (Å²) in [5.41, 5.74) is 1.60. The number of aliphatic imine (C=N–C) groups is 1. The molecule has 86 valence electrons. The van der Waals surface area contributed by atoms with Crippen molar-refractivity contribution in [3.63, 3.8) is 0 Å². The van der Waals surface area contributed by atoms with Crippen molar-refractivity contribution in [1.29, 1.82) is 0 Å². The van der Waals surface area contributed by atoms with Gasteiger partial charge in [-0.25, -0.2) is 0 Å². The van der Waals surface area contributed by atoms with Crippen LogP contribution >= 0.6 is 11.8 Å². The van der Waals surface area contributed by atoms with Crippen LogP contribution in [0.1, 0.15) is 5.56 Å². The molecule has 0 bridgehead atoms. The summed E-state index contributed by atoms with van der Waals surface area (Å²) in [4.78, 5) is 5.53. The van der Waals surface area contributed by atoms with E-state index in [1.807, 2.05) is 42.7 Å². The molecule has 0 aliphatic carbocycles. The molecule has 2 aromatic rings. The fourth-order valence-corrected chi connectivity index (χ4v) is 1.82. The van der Waals surface area contributed by atoms with Crippen LogP contribution in [0.25, 0.3) is 0 Å². The SMILES string of the molecule is CSc1ccc(N=Cc2ccccc2O)cc1. The van der Waals surface area contributed by atoms with Gasteiger partial charge in [-0.05, 0) is 42.7 Å². The van der Waals surface area contributed by atoms with Crippen molar-refractivity contribution in [3.05, 3.63) is 54.1 Å². The molecule has 2 aromatic carbocycles. The van der Waals surface area contributed by atoms with E-state index in [2.05, 4.69) is 4.99 Å². The molecule has 0 saturated heterocycles. The van der Waals surface area contributed by atoms with Gasteiger partial charge < -0.3 is 5.11 Å². The quantitative estimate of drug-likeness (QED) is 0.655. The van der Waals surface area contributed by atoms with Crippen molar-refractivity contribution in [2.45, 2.75) is 4.90 Å². The van der Waals surface area contributed by atoms with E-state index in [-0.39, 0.29) is 5.75 Å². The standard InChI is InChI=1S/C14H13NOS/c1-17-13-8-6-12(7-9-13)15-10-11-4-2-3-5-14(11)16/h2-10,16H,1H3. The van der Waals surface area contributed by atoms with E-state index in [0.717, 1.165) is 11.3 Å². The maximum absolute atomic E-state index is 9.58. The molecule has 2 nitrogen and oxygen atoms in total. The number of rotatable bonds is 3. The van der Waals surface area contributed by atoms with Gasteiger partial charge in [0.25, 0.3) is 0 Å². The van der Waals surface area contributed by atoms with E-state index in [1.54, 1.807) is 30.1 Å². The molecule has 0 amide bonds. The highest BCUT2D eigenvalue weighted by atomic mass is 32.2. The Labute approximate surface area is 105 Å². The highest BCUT2D eigenvalue weighted by molar-refractivity contribution is 7.98. The van der Waals surface area contributed by atoms with E-state index in [4.69, 9.17) is 0 Å². The van der Waals surface area contributed by atoms with E-state index in [9.17, 15) is 5.11 Å². The van der Waals surface area contributed by atoms with Gasteiger partial charge in [0.05, 0.1) is 5.69 Å². The highest BCUT2D eigenvalue weighted by Crippen LogP contribution is 2.20. The topological polar surface area (TPSA) is 32.6 Å². The molecule has 2 rings (SSSR count). The number of nitrogens with zero attached hydrogens (tertiary/aromatic N) is 1. The molecule has 0 fully saturated rings. The zero-order chi connectivity index (χ0) is 12.1. The van der Waals surface area contributed by atoms with E-state index >= 15 is 0 Å². The van der Waals surface area contributed by atoms with Gasteiger partial charge in [-0.3, -0.25) is 4.99 Å². The predicted molar refractivity (Wildman–Crippen MR) is 73.6 cm³/mol. The first-order chi connectivity index (χ1) is 8.29. The molecule has 0 unspecified atom stereocenters. The summed E-state index contributed by atoms with van der Waals surface area (Å²) in [6, 6.07) is 15.1. The lowest BCUT2D eigenvalue weighted by Gasteiger charge is -1.98. The van der Waals surface area contributed by atoms with Gasteiger partial charge in [-0.15, -0.1) is 11.8 Å². The fourth-order valence-electron chi connectivity index (χ4n) is 1.41. The Bertz CT molecular complexity index is 520. The molecular weight excluding hydrogens is 230 g/mol. The molecule has 0 spiro atoms. The largest absolute Gasteiger partial charge is 0.507 e. The number of para-hydroxylation sites is 1. The Morgan fingerprint density at radius 2 is 1.76 bits per heavy atom. The number of hydrogen-bond acceptors (Lipinski definition) is 3. The molecule has 0 heterocycles. The molecule has 0 saturated carbocycles. The lowest BCUT2D eigenvalue weighted by Crippen LogP contribution is -1.80. The van der Waals surface area contributed by atoms with Crippen molar-refractivity contribution >= 4 is 23.7 Å². The highest BCUT2D eigenvalue weighted by Gasteiger charge is 1.95. The smallest absolute Gasteiger partial charge is 0.124 e. The molecule has 17 heavy (non-hydrogen) atoms. The van der Waals surface area contributed by atoms with Crippen molar-refractivity contribution in [2.75, 3.05) is 6.26 Å². The summed E-state index contributed by atoms with van der Waals surface area (Å²) in [7, 11) is 0. The summed E-state index contributed by atoms with van der Waals surface area (Å²) in [5.74, 6) is 0.247. The Morgan fingerprint density at radius 1 is 1.06 bits per heavy atom. The van der Waals surface area contributed by atoms with Crippen LogP contribution in [0.4, 0.5) is 5.69 Å². The summed E-state index contributed by atoms with van der Waals surface area (Å²) in [6.45, 7) is 0. The Kier molecular flexibility index (Phi) is 3.83. The second-order valence-corrected chi connectivity index (χ2v) is 4.39. The monoisotopic (exact) mass is 243 g/mol. The van der Waals surface area contributed by atoms with Crippen LogP contribution < -0.4 is 0 Å². The summed E-state index contributed by atoms with van der Waals surface area (Å²) in [5, 5.41) is 9.58. The van der Waals surface area contributed by atoms with Gasteiger partial charge in [-0.2, -0.15) is 0 Å². The maximum Gasteiger partial charge on any atom is 0.124 e. The zero-order valence-electron chi connectivity index (χ0n) is 9.50. The number of thioether (sulfide) groups is 1. The molecule has 0 atom stereocenters. The minimum Gasteiger partial charge on any atom is -0.507 e. The first-order valence-electron chi connectivity index (χ1n) is 5.26. The van der Waals surface area contributed by atoms with Crippen LogP contribution in [0.5, 0.6) is 5.75 Å². The third-order valence-electron chi connectivity index (χ3n) is 2.36. The Morgan fingerprint density at radius 3 is 2.41 bits per heavy atom. The second kappa shape index (κ2) is 5.55. The van der Waals surface area contributed by atoms with Gasteiger partial charge in [0.1, 0.15) is 5.75 Å². The molecular formula is C14H13NOS. The first-order valence-corrected chi connectivity index (χ1v) is 6.48. The molecule has 0 aromatic heterocycles.